The van der Waals surface area contributed by atoms with Crippen LogP contribution < -0.4 is 5.32 Å². The highest BCUT2D eigenvalue weighted by Gasteiger charge is 2.13. The van der Waals surface area contributed by atoms with Gasteiger partial charge >= 0.3 is 0 Å². The number of imidazole rings is 1. The number of aryl methyl sites for hydroxylation is 3. The number of aromatic amines is 1. The highest BCUT2D eigenvalue weighted by Crippen LogP contribution is 2.21. The van der Waals surface area contributed by atoms with Gasteiger partial charge in [0.1, 0.15) is 11.5 Å². The molecule has 0 unspecified atom stereocenters. The summed E-state index contributed by atoms with van der Waals surface area (Å²) in [6.07, 6.45) is 0. The van der Waals surface area contributed by atoms with E-state index in [4.69, 9.17) is 0 Å². The molecule has 0 saturated heterocycles. The zero-order chi connectivity index (χ0) is 17.6. The van der Waals surface area contributed by atoms with Crippen molar-refractivity contribution in [3.8, 4) is 0 Å². The SMILES string of the molecule is Cc1cc(C)c2cc(C(=O)NCc3nc4ccccc4n3C)[nH]c2c1. The molecule has 1 amide bonds. The summed E-state index contributed by atoms with van der Waals surface area (Å²) in [7, 11) is 1.96. The van der Waals surface area contributed by atoms with Crippen molar-refractivity contribution >= 4 is 27.8 Å². The Morgan fingerprint density at radius 2 is 2.00 bits per heavy atom. The number of para-hydroxylation sites is 2. The Morgan fingerprint density at radius 3 is 2.80 bits per heavy atom. The van der Waals surface area contributed by atoms with E-state index in [1.165, 1.54) is 11.1 Å². The lowest BCUT2D eigenvalue weighted by atomic mass is 10.1. The fourth-order valence-electron chi connectivity index (χ4n) is 3.33. The van der Waals surface area contributed by atoms with Gasteiger partial charge in [0.05, 0.1) is 17.6 Å². The molecule has 2 aromatic carbocycles. The van der Waals surface area contributed by atoms with Crippen molar-refractivity contribution in [1.29, 1.82) is 0 Å². The molecule has 126 valence electrons. The van der Waals surface area contributed by atoms with E-state index in [0.717, 1.165) is 27.8 Å². The number of benzene rings is 2. The van der Waals surface area contributed by atoms with Crippen molar-refractivity contribution < 1.29 is 4.79 Å². The highest BCUT2D eigenvalue weighted by molar-refractivity contribution is 5.99. The van der Waals surface area contributed by atoms with Gasteiger partial charge in [0.25, 0.3) is 5.91 Å². The lowest BCUT2D eigenvalue weighted by molar-refractivity contribution is 0.0945. The van der Waals surface area contributed by atoms with E-state index in [1.54, 1.807) is 0 Å². The van der Waals surface area contributed by atoms with Crippen molar-refractivity contribution in [2.24, 2.45) is 7.05 Å². The van der Waals surface area contributed by atoms with Crippen LogP contribution in [0.5, 0.6) is 0 Å². The molecule has 2 aromatic heterocycles. The number of H-pyrrole nitrogens is 1. The average molecular weight is 332 g/mol. The molecule has 5 heteroatoms. The Morgan fingerprint density at radius 1 is 1.20 bits per heavy atom. The molecule has 0 aliphatic rings. The Bertz CT molecular complexity index is 1100. The summed E-state index contributed by atoms with van der Waals surface area (Å²) in [5.41, 5.74) is 5.90. The van der Waals surface area contributed by atoms with Crippen molar-refractivity contribution in [2.75, 3.05) is 0 Å². The fourth-order valence-corrected chi connectivity index (χ4v) is 3.33. The molecule has 25 heavy (non-hydrogen) atoms. The molecular weight excluding hydrogens is 312 g/mol. The smallest absolute Gasteiger partial charge is 0.268 e. The molecule has 0 radical (unpaired) electrons. The van der Waals surface area contributed by atoms with Crippen LogP contribution >= 0.6 is 0 Å². The number of hydrogen-bond donors (Lipinski definition) is 2. The molecule has 0 bridgehead atoms. The minimum absolute atomic E-state index is 0.125. The highest BCUT2D eigenvalue weighted by atomic mass is 16.1. The molecule has 0 atom stereocenters. The third-order valence-electron chi connectivity index (χ3n) is 4.62. The number of aromatic nitrogens is 3. The van der Waals surface area contributed by atoms with Crippen LogP contribution in [0.15, 0.2) is 42.5 Å². The lowest BCUT2D eigenvalue weighted by Crippen LogP contribution is -2.24. The number of carbonyl (C=O) groups excluding carboxylic acids is 1. The number of nitrogens with zero attached hydrogens (tertiary/aromatic N) is 2. The molecule has 2 N–H and O–H groups in total. The fraction of sp³-hybridized carbons (Fsp3) is 0.200. The zero-order valence-corrected chi connectivity index (χ0v) is 14.6. The van der Waals surface area contributed by atoms with Gasteiger partial charge in [-0.25, -0.2) is 4.98 Å². The summed E-state index contributed by atoms with van der Waals surface area (Å²) < 4.78 is 2.01. The molecular formula is C20H20N4O. The van der Waals surface area contributed by atoms with Crippen LogP contribution in [0.25, 0.3) is 21.9 Å². The Kier molecular flexibility index (Phi) is 3.57. The average Bonchev–Trinajstić information content (AvgIpc) is 3.15. The first-order valence-electron chi connectivity index (χ1n) is 8.31. The second-order valence-corrected chi connectivity index (χ2v) is 6.48. The maximum Gasteiger partial charge on any atom is 0.268 e. The predicted octanol–water partition coefficient (Wildman–Crippen LogP) is 3.60. The summed E-state index contributed by atoms with van der Waals surface area (Å²) >= 11 is 0. The summed E-state index contributed by atoms with van der Waals surface area (Å²) in [5, 5.41) is 4.04. The molecule has 4 rings (SSSR count). The number of amides is 1. The molecule has 5 nitrogen and oxygen atoms in total. The van der Waals surface area contributed by atoms with Gasteiger partial charge in [-0.1, -0.05) is 18.2 Å². The van der Waals surface area contributed by atoms with Crippen molar-refractivity contribution in [1.82, 2.24) is 19.9 Å². The van der Waals surface area contributed by atoms with Gasteiger partial charge in [0.2, 0.25) is 0 Å². The summed E-state index contributed by atoms with van der Waals surface area (Å²) in [4.78, 5) is 20.3. The third-order valence-corrected chi connectivity index (χ3v) is 4.62. The van der Waals surface area contributed by atoms with E-state index in [0.29, 0.717) is 12.2 Å². The van der Waals surface area contributed by atoms with E-state index in [9.17, 15) is 4.79 Å². The molecule has 0 fully saturated rings. The molecule has 0 spiro atoms. The maximum absolute atomic E-state index is 12.5. The van der Waals surface area contributed by atoms with E-state index in [1.807, 2.05) is 41.9 Å². The van der Waals surface area contributed by atoms with Crippen molar-refractivity contribution in [3.05, 3.63) is 65.1 Å². The number of carbonyl (C=O) groups is 1. The van der Waals surface area contributed by atoms with Crippen molar-refractivity contribution in [3.63, 3.8) is 0 Å². The van der Waals surface area contributed by atoms with E-state index < -0.39 is 0 Å². The van der Waals surface area contributed by atoms with Crippen LogP contribution in [-0.4, -0.2) is 20.4 Å². The normalized spacial score (nSPS) is 11.3. The second kappa shape index (κ2) is 5.77. The standard InChI is InChI=1S/C20H20N4O/c1-12-8-13(2)14-10-17(22-16(14)9-12)20(25)21-11-19-23-15-6-4-5-7-18(15)24(19)3/h4-10,22H,11H2,1-3H3,(H,21,25). The Labute approximate surface area is 145 Å². The first-order chi connectivity index (χ1) is 12.0. The topological polar surface area (TPSA) is 62.7 Å². The van der Waals surface area contributed by atoms with Crippen molar-refractivity contribution in [2.45, 2.75) is 20.4 Å². The van der Waals surface area contributed by atoms with Gasteiger partial charge < -0.3 is 14.9 Å². The number of hydrogen-bond acceptors (Lipinski definition) is 2. The first-order valence-corrected chi connectivity index (χ1v) is 8.31. The summed E-state index contributed by atoms with van der Waals surface area (Å²) in [5.74, 6) is 0.706. The minimum atomic E-state index is -0.125. The van der Waals surface area contributed by atoms with Crippen LogP contribution in [0.4, 0.5) is 0 Å². The quantitative estimate of drug-likeness (QED) is 0.602. The molecule has 0 aliphatic carbocycles. The largest absolute Gasteiger partial charge is 0.351 e. The van der Waals surface area contributed by atoms with E-state index >= 15 is 0 Å². The van der Waals surface area contributed by atoms with Gasteiger partial charge in [0, 0.05) is 18.0 Å². The zero-order valence-electron chi connectivity index (χ0n) is 14.6. The number of nitrogens with one attached hydrogen (secondary N) is 2. The Hall–Kier alpha value is -3.08. The minimum Gasteiger partial charge on any atom is -0.351 e. The van der Waals surface area contributed by atoms with Gasteiger partial charge in [-0.3, -0.25) is 4.79 Å². The molecule has 0 aliphatic heterocycles. The predicted molar refractivity (Wildman–Crippen MR) is 99.7 cm³/mol. The van der Waals surface area contributed by atoms with Gasteiger partial charge in [-0.05, 0) is 49.2 Å². The van der Waals surface area contributed by atoms with Crippen LogP contribution in [-0.2, 0) is 13.6 Å². The molecule has 2 heterocycles. The third kappa shape index (κ3) is 2.67. The van der Waals surface area contributed by atoms with Gasteiger partial charge in [0.15, 0.2) is 0 Å². The monoisotopic (exact) mass is 332 g/mol. The van der Waals surface area contributed by atoms with E-state index in [2.05, 4.69) is 41.3 Å². The molecule has 0 saturated carbocycles. The summed E-state index contributed by atoms with van der Waals surface area (Å²) in [6.45, 7) is 4.50. The van der Waals surface area contributed by atoms with Gasteiger partial charge in [-0.15, -0.1) is 0 Å². The van der Waals surface area contributed by atoms with Gasteiger partial charge in [-0.2, -0.15) is 0 Å². The van der Waals surface area contributed by atoms with Crippen LogP contribution in [0, 0.1) is 13.8 Å². The summed E-state index contributed by atoms with van der Waals surface area (Å²) in [6, 6.07) is 14.0. The number of fused-ring (bicyclic) bond motifs is 2. The Balaban J connectivity index is 1.57. The number of rotatable bonds is 3. The molecule has 4 aromatic rings. The van der Waals surface area contributed by atoms with Crippen LogP contribution in [0.3, 0.4) is 0 Å². The first kappa shape index (κ1) is 15.4. The van der Waals surface area contributed by atoms with Crippen LogP contribution in [0.1, 0.15) is 27.4 Å². The van der Waals surface area contributed by atoms with Crippen LogP contribution in [0.2, 0.25) is 0 Å². The maximum atomic E-state index is 12.5. The van der Waals surface area contributed by atoms with E-state index in [-0.39, 0.29) is 5.91 Å². The second-order valence-electron chi connectivity index (χ2n) is 6.48. The lowest BCUT2D eigenvalue weighted by Gasteiger charge is -2.04.